The van der Waals surface area contributed by atoms with Gasteiger partial charge in [-0.15, -0.1) is 0 Å². The average Bonchev–Trinajstić information content (AvgIpc) is 2.39. The van der Waals surface area contributed by atoms with Crippen molar-refractivity contribution in [3.63, 3.8) is 0 Å². The number of aromatic nitrogens is 1. The van der Waals surface area contributed by atoms with E-state index in [0.717, 1.165) is 0 Å². The van der Waals surface area contributed by atoms with Crippen LogP contribution in [0.3, 0.4) is 0 Å². The Hall–Kier alpha value is -2.12. The molecule has 0 aliphatic heterocycles. The van der Waals surface area contributed by atoms with Crippen LogP contribution in [0.4, 0.5) is 10.2 Å². The molecule has 5 heteroatoms. The van der Waals surface area contributed by atoms with Crippen LogP contribution in [-0.4, -0.2) is 11.5 Å². The molecule has 0 fully saturated rings. The minimum atomic E-state index is -0.394. The monoisotopic (exact) mass is 275 g/mol. The third kappa shape index (κ3) is 2.83. The summed E-state index contributed by atoms with van der Waals surface area (Å²) in [5.74, 6) is 0.109. The van der Waals surface area contributed by atoms with Crippen LogP contribution in [-0.2, 0) is 0 Å². The van der Waals surface area contributed by atoms with Gasteiger partial charge in [-0.3, -0.25) is 0 Å². The van der Waals surface area contributed by atoms with Crippen molar-refractivity contribution < 1.29 is 4.39 Å². The molecular formula is C14H11ClFN3. The molecular weight excluding hydrogens is 265 g/mol. The van der Waals surface area contributed by atoms with Crippen LogP contribution < -0.4 is 5.32 Å². The van der Waals surface area contributed by atoms with Crippen molar-refractivity contribution in [2.75, 3.05) is 11.9 Å². The first kappa shape index (κ1) is 13.3. The number of hydrogen-bond acceptors (Lipinski definition) is 3. The number of benzene rings is 1. The van der Waals surface area contributed by atoms with Gasteiger partial charge in [0.25, 0.3) is 0 Å². The normalized spacial score (nSPS) is 10.0. The summed E-state index contributed by atoms with van der Waals surface area (Å²) < 4.78 is 13.0. The molecule has 0 saturated carbocycles. The maximum absolute atomic E-state index is 13.0. The topological polar surface area (TPSA) is 48.7 Å². The molecule has 1 aromatic carbocycles. The van der Waals surface area contributed by atoms with Crippen LogP contribution in [0.15, 0.2) is 30.3 Å². The van der Waals surface area contributed by atoms with Crippen LogP contribution >= 0.6 is 11.6 Å². The Kier molecular flexibility index (Phi) is 3.98. The van der Waals surface area contributed by atoms with E-state index < -0.39 is 5.82 Å². The van der Waals surface area contributed by atoms with Gasteiger partial charge < -0.3 is 5.32 Å². The molecule has 19 heavy (non-hydrogen) atoms. The zero-order chi connectivity index (χ0) is 13.8. The molecule has 0 aliphatic rings. The highest BCUT2D eigenvalue weighted by molar-refractivity contribution is 6.33. The summed E-state index contributed by atoms with van der Waals surface area (Å²) in [4.78, 5) is 4.35. The highest BCUT2D eigenvalue weighted by atomic mass is 35.5. The Balaban J connectivity index is 2.51. The van der Waals surface area contributed by atoms with Gasteiger partial charge in [-0.05, 0) is 37.3 Å². The van der Waals surface area contributed by atoms with E-state index >= 15 is 0 Å². The molecule has 1 heterocycles. The van der Waals surface area contributed by atoms with Crippen molar-refractivity contribution in [3.8, 4) is 17.3 Å². The van der Waals surface area contributed by atoms with E-state index in [9.17, 15) is 4.39 Å². The lowest BCUT2D eigenvalue weighted by Crippen LogP contribution is -2.02. The maximum Gasteiger partial charge on any atom is 0.144 e. The van der Waals surface area contributed by atoms with Crippen LogP contribution in [0.5, 0.6) is 0 Å². The minimum Gasteiger partial charge on any atom is -0.369 e. The summed E-state index contributed by atoms with van der Waals surface area (Å²) >= 11 is 6.00. The van der Waals surface area contributed by atoms with Crippen molar-refractivity contribution in [3.05, 3.63) is 46.7 Å². The fourth-order valence-electron chi connectivity index (χ4n) is 1.70. The molecule has 96 valence electrons. The predicted octanol–water partition coefficient (Wildman–Crippen LogP) is 3.84. The standard InChI is InChI=1S/C14H11ClFN3/c1-2-18-14-9(8-17)3-6-13(19-14)11-5-4-10(16)7-12(11)15/h3-7H,2H2,1H3,(H,18,19). The molecule has 0 amide bonds. The second-order valence-electron chi connectivity index (χ2n) is 3.86. The van der Waals surface area contributed by atoms with E-state index in [4.69, 9.17) is 16.9 Å². The third-order valence-corrected chi connectivity index (χ3v) is 2.88. The summed E-state index contributed by atoms with van der Waals surface area (Å²) in [5.41, 5.74) is 1.69. The molecule has 1 N–H and O–H groups in total. The molecule has 0 radical (unpaired) electrons. The summed E-state index contributed by atoms with van der Waals surface area (Å²) in [7, 11) is 0. The van der Waals surface area contributed by atoms with Gasteiger partial charge in [0.05, 0.1) is 16.3 Å². The zero-order valence-corrected chi connectivity index (χ0v) is 11.0. The van der Waals surface area contributed by atoms with Crippen LogP contribution in [0.2, 0.25) is 5.02 Å². The second kappa shape index (κ2) is 5.68. The molecule has 2 rings (SSSR count). The van der Waals surface area contributed by atoms with Gasteiger partial charge in [-0.25, -0.2) is 9.37 Å². The van der Waals surface area contributed by atoms with Crippen molar-refractivity contribution in [2.45, 2.75) is 6.92 Å². The molecule has 0 unspecified atom stereocenters. The molecule has 2 aromatic rings. The quantitative estimate of drug-likeness (QED) is 0.926. The van der Waals surface area contributed by atoms with E-state index in [0.29, 0.717) is 34.2 Å². The number of pyridine rings is 1. The Morgan fingerprint density at radius 2 is 2.16 bits per heavy atom. The highest BCUT2D eigenvalue weighted by Crippen LogP contribution is 2.28. The number of halogens is 2. The van der Waals surface area contributed by atoms with E-state index in [2.05, 4.69) is 16.4 Å². The molecule has 0 aliphatic carbocycles. The van der Waals surface area contributed by atoms with Gasteiger partial charge in [0, 0.05) is 12.1 Å². The molecule has 0 atom stereocenters. The van der Waals surface area contributed by atoms with Crippen LogP contribution in [0.25, 0.3) is 11.3 Å². The zero-order valence-electron chi connectivity index (χ0n) is 10.2. The summed E-state index contributed by atoms with van der Waals surface area (Å²) in [6, 6.07) is 9.56. The third-order valence-electron chi connectivity index (χ3n) is 2.57. The molecule has 1 aromatic heterocycles. The van der Waals surface area contributed by atoms with Crippen molar-refractivity contribution in [1.82, 2.24) is 4.98 Å². The lowest BCUT2D eigenvalue weighted by molar-refractivity contribution is 0.628. The van der Waals surface area contributed by atoms with Crippen LogP contribution in [0, 0.1) is 17.1 Å². The van der Waals surface area contributed by atoms with Gasteiger partial charge in [0.2, 0.25) is 0 Å². The van der Waals surface area contributed by atoms with E-state index in [1.165, 1.54) is 12.1 Å². The largest absolute Gasteiger partial charge is 0.369 e. The Bertz CT molecular complexity index is 650. The van der Waals surface area contributed by atoms with E-state index in [1.54, 1.807) is 18.2 Å². The molecule has 0 spiro atoms. The van der Waals surface area contributed by atoms with Crippen molar-refractivity contribution >= 4 is 17.4 Å². The lowest BCUT2D eigenvalue weighted by Gasteiger charge is -2.09. The Morgan fingerprint density at radius 3 is 2.79 bits per heavy atom. The first-order chi connectivity index (χ1) is 9.15. The van der Waals surface area contributed by atoms with Crippen molar-refractivity contribution in [2.24, 2.45) is 0 Å². The number of hydrogen-bond donors (Lipinski definition) is 1. The van der Waals surface area contributed by atoms with E-state index in [-0.39, 0.29) is 0 Å². The SMILES string of the molecule is CCNc1nc(-c2ccc(F)cc2Cl)ccc1C#N. The lowest BCUT2D eigenvalue weighted by atomic mass is 10.1. The summed E-state index contributed by atoms with van der Waals surface area (Å²) in [6.45, 7) is 2.57. The van der Waals surface area contributed by atoms with E-state index in [1.807, 2.05) is 6.92 Å². The smallest absolute Gasteiger partial charge is 0.144 e. The summed E-state index contributed by atoms with van der Waals surface area (Å²) in [6.07, 6.45) is 0. The number of anilines is 1. The highest BCUT2D eigenvalue weighted by Gasteiger charge is 2.09. The first-order valence-corrected chi connectivity index (χ1v) is 6.14. The number of nitrogens with zero attached hydrogens (tertiary/aromatic N) is 2. The van der Waals surface area contributed by atoms with Gasteiger partial charge >= 0.3 is 0 Å². The Morgan fingerprint density at radius 1 is 1.37 bits per heavy atom. The van der Waals surface area contributed by atoms with Gasteiger partial charge in [0.15, 0.2) is 0 Å². The fourth-order valence-corrected chi connectivity index (χ4v) is 1.96. The van der Waals surface area contributed by atoms with Gasteiger partial charge in [-0.1, -0.05) is 11.6 Å². The molecule has 0 bridgehead atoms. The molecule has 0 saturated heterocycles. The predicted molar refractivity (Wildman–Crippen MR) is 73.5 cm³/mol. The minimum absolute atomic E-state index is 0.291. The average molecular weight is 276 g/mol. The number of nitrogens with one attached hydrogen (secondary N) is 1. The van der Waals surface area contributed by atoms with Crippen molar-refractivity contribution in [1.29, 1.82) is 5.26 Å². The van der Waals surface area contributed by atoms with Crippen LogP contribution in [0.1, 0.15) is 12.5 Å². The van der Waals surface area contributed by atoms with Gasteiger partial charge in [0.1, 0.15) is 17.7 Å². The number of nitriles is 1. The second-order valence-corrected chi connectivity index (χ2v) is 4.27. The maximum atomic E-state index is 13.0. The summed E-state index contributed by atoms with van der Waals surface area (Å²) in [5, 5.41) is 12.3. The van der Waals surface area contributed by atoms with Gasteiger partial charge in [-0.2, -0.15) is 5.26 Å². The fraction of sp³-hybridized carbons (Fsp3) is 0.143. The first-order valence-electron chi connectivity index (χ1n) is 5.76. The Labute approximate surface area is 115 Å². The number of rotatable bonds is 3. The molecule has 3 nitrogen and oxygen atoms in total.